The predicted octanol–water partition coefficient (Wildman–Crippen LogP) is 2.06. The molecule has 0 amide bonds. The minimum Gasteiger partial charge on any atom is -0.507 e. The quantitative estimate of drug-likeness (QED) is 0.742. The lowest BCUT2D eigenvalue weighted by molar-refractivity contribution is 0.470. The summed E-state index contributed by atoms with van der Waals surface area (Å²) in [5.74, 6) is 0.357. The van der Waals surface area contributed by atoms with Gasteiger partial charge in [0.2, 0.25) is 0 Å². The van der Waals surface area contributed by atoms with Gasteiger partial charge in [0.05, 0.1) is 0 Å². The Morgan fingerprint density at radius 3 is 2.92 bits per heavy atom. The molecule has 0 heterocycles. The van der Waals surface area contributed by atoms with Crippen LogP contribution in [0.5, 0.6) is 5.75 Å². The standard InChI is InChI=1S/C11H15NO/c1-9-5-4-7-10(11(9)13)6-2-3-8-12/h2,4-7,13H,3,8,12H2,1H3. The van der Waals surface area contributed by atoms with Crippen LogP contribution in [0.25, 0.3) is 6.08 Å². The zero-order chi connectivity index (χ0) is 9.68. The molecule has 0 aliphatic carbocycles. The van der Waals surface area contributed by atoms with Crippen LogP contribution in [0.4, 0.5) is 0 Å². The highest BCUT2D eigenvalue weighted by atomic mass is 16.3. The van der Waals surface area contributed by atoms with Crippen LogP contribution in [0.3, 0.4) is 0 Å². The van der Waals surface area contributed by atoms with E-state index in [9.17, 15) is 5.11 Å². The van der Waals surface area contributed by atoms with Gasteiger partial charge < -0.3 is 10.8 Å². The van der Waals surface area contributed by atoms with Crippen LogP contribution < -0.4 is 5.73 Å². The third kappa shape index (κ3) is 2.60. The first-order valence-corrected chi connectivity index (χ1v) is 4.41. The van der Waals surface area contributed by atoms with Gasteiger partial charge in [-0.15, -0.1) is 0 Å². The van der Waals surface area contributed by atoms with Gasteiger partial charge in [0.1, 0.15) is 5.75 Å². The van der Waals surface area contributed by atoms with Crippen molar-refractivity contribution in [3.63, 3.8) is 0 Å². The fourth-order valence-electron chi connectivity index (χ4n) is 1.12. The highest BCUT2D eigenvalue weighted by Gasteiger charge is 1.98. The minimum atomic E-state index is 0.357. The average molecular weight is 177 g/mol. The summed E-state index contributed by atoms with van der Waals surface area (Å²) in [6, 6.07) is 5.70. The van der Waals surface area contributed by atoms with Crippen molar-refractivity contribution in [2.75, 3.05) is 6.54 Å². The summed E-state index contributed by atoms with van der Waals surface area (Å²) >= 11 is 0. The lowest BCUT2D eigenvalue weighted by Crippen LogP contribution is -1.94. The van der Waals surface area contributed by atoms with E-state index in [1.807, 2.05) is 37.3 Å². The van der Waals surface area contributed by atoms with E-state index in [1.54, 1.807) is 0 Å². The first kappa shape index (κ1) is 9.81. The van der Waals surface area contributed by atoms with E-state index in [1.165, 1.54) is 0 Å². The largest absolute Gasteiger partial charge is 0.507 e. The Bertz CT molecular complexity index is 305. The molecule has 2 heteroatoms. The summed E-state index contributed by atoms with van der Waals surface area (Å²) in [6.07, 6.45) is 4.71. The molecule has 0 saturated carbocycles. The summed E-state index contributed by atoms with van der Waals surface area (Å²) < 4.78 is 0. The maximum Gasteiger partial charge on any atom is 0.125 e. The Morgan fingerprint density at radius 2 is 2.23 bits per heavy atom. The smallest absolute Gasteiger partial charge is 0.125 e. The van der Waals surface area contributed by atoms with E-state index >= 15 is 0 Å². The second-order valence-electron chi connectivity index (χ2n) is 2.99. The number of benzene rings is 1. The summed E-state index contributed by atoms with van der Waals surface area (Å²) in [7, 11) is 0. The molecular formula is C11H15NO. The van der Waals surface area contributed by atoms with Gasteiger partial charge in [-0.1, -0.05) is 30.4 Å². The lowest BCUT2D eigenvalue weighted by Gasteiger charge is -2.01. The van der Waals surface area contributed by atoms with Gasteiger partial charge >= 0.3 is 0 Å². The molecule has 0 atom stereocenters. The van der Waals surface area contributed by atoms with Crippen LogP contribution in [-0.4, -0.2) is 11.7 Å². The van der Waals surface area contributed by atoms with E-state index in [-0.39, 0.29) is 0 Å². The zero-order valence-electron chi connectivity index (χ0n) is 7.83. The van der Waals surface area contributed by atoms with Gasteiger partial charge in [-0.2, -0.15) is 0 Å². The molecule has 1 aromatic rings. The van der Waals surface area contributed by atoms with Crippen molar-refractivity contribution in [3.05, 3.63) is 35.4 Å². The molecule has 1 aromatic carbocycles. The molecule has 0 unspecified atom stereocenters. The Morgan fingerprint density at radius 1 is 1.46 bits per heavy atom. The van der Waals surface area contributed by atoms with Crippen molar-refractivity contribution in [1.29, 1.82) is 0 Å². The molecule has 2 nitrogen and oxygen atoms in total. The summed E-state index contributed by atoms with van der Waals surface area (Å²) in [5, 5.41) is 9.61. The van der Waals surface area contributed by atoms with Crippen LogP contribution in [0.15, 0.2) is 24.3 Å². The number of hydrogen-bond donors (Lipinski definition) is 2. The van der Waals surface area contributed by atoms with Crippen molar-refractivity contribution in [3.8, 4) is 5.75 Å². The number of hydrogen-bond acceptors (Lipinski definition) is 2. The molecule has 1 rings (SSSR count). The molecular weight excluding hydrogens is 162 g/mol. The summed E-state index contributed by atoms with van der Waals surface area (Å²) in [6.45, 7) is 2.53. The average Bonchev–Trinajstić information content (AvgIpc) is 2.13. The van der Waals surface area contributed by atoms with E-state index < -0.39 is 0 Å². The van der Waals surface area contributed by atoms with Crippen molar-refractivity contribution >= 4 is 6.08 Å². The Hall–Kier alpha value is -1.28. The molecule has 0 aliphatic heterocycles. The lowest BCUT2D eigenvalue weighted by atomic mass is 10.1. The number of aryl methyl sites for hydroxylation is 1. The second-order valence-corrected chi connectivity index (χ2v) is 2.99. The van der Waals surface area contributed by atoms with Crippen LogP contribution in [0.2, 0.25) is 0 Å². The number of rotatable bonds is 3. The summed E-state index contributed by atoms with van der Waals surface area (Å²) in [5.41, 5.74) is 7.10. The number of para-hydroxylation sites is 1. The third-order valence-electron chi connectivity index (χ3n) is 1.90. The Labute approximate surface area is 78.7 Å². The highest BCUT2D eigenvalue weighted by Crippen LogP contribution is 2.22. The second kappa shape index (κ2) is 4.67. The molecule has 3 N–H and O–H groups in total. The van der Waals surface area contributed by atoms with Crippen LogP contribution in [0, 0.1) is 6.92 Å². The highest BCUT2D eigenvalue weighted by molar-refractivity contribution is 5.58. The molecule has 13 heavy (non-hydrogen) atoms. The zero-order valence-corrected chi connectivity index (χ0v) is 7.83. The van der Waals surface area contributed by atoms with E-state index in [2.05, 4.69) is 0 Å². The van der Waals surface area contributed by atoms with Crippen molar-refractivity contribution in [1.82, 2.24) is 0 Å². The SMILES string of the molecule is Cc1cccc(C=CCCN)c1O. The van der Waals surface area contributed by atoms with Gasteiger partial charge in [0, 0.05) is 5.56 Å². The number of phenols is 1. The van der Waals surface area contributed by atoms with Gasteiger partial charge in [-0.3, -0.25) is 0 Å². The van der Waals surface area contributed by atoms with Crippen molar-refractivity contribution in [2.24, 2.45) is 5.73 Å². The minimum absolute atomic E-state index is 0.357. The molecule has 0 radical (unpaired) electrons. The molecule has 70 valence electrons. The van der Waals surface area contributed by atoms with Crippen molar-refractivity contribution < 1.29 is 5.11 Å². The van der Waals surface area contributed by atoms with Gasteiger partial charge in [0.25, 0.3) is 0 Å². The number of phenolic OH excluding ortho intramolecular Hbond substituents is 1. The van der Waals surface area contributed by atoms with E-state index in [0.717, 1.165) is 17.5 Å². The number of aromatic hydroxyl groups is 1. The fourth-order valence-corrected chi connectivity index (χ4v) is 1.12. The Balaban J connectivity index is 2.83. The summed E-state index contributed by atoms with van der Waals surface area (Å²) in [4.78, 5) is 0. The maximum absolute atomic E-state index is 9.61. The monoisotopic (exact) mass is 177 g/mol. The molecule has 0 aromatic heterocycles. The number of nitrogens with two attached hydrogens (primary N) is 1. The van der Waals surface area contributed by atoms with Gasteiger partial charge in [-0.05, 0) is 25.5 Å². The first-order chi connectivity index (χ1) is 6.25. The van der Waals surface area contributed by atoms with Crippen LogP contribution >= 0.6 is 0 Å². The Kier molecular flexibility index (Phi) is 3.53. The molecule has 0 bridgehead atoms. The fraction of sp³-hybridized carbons (Fsp3) is 0.273. The van der Waals surface area contributed by atoms with E-state index in [4.69, 9.17) is 5.73 Å². The predicted molar refractivity (Wildman–Crippen MR) is 55.5 cm³/mol. The van der Waals surface area contributed by atoms with Crippen LogP contribution in [0.1, 0.15) is 17.5 Å². The topological polar surface area (TPSA) is 46.2 Å². The molecule has 0 saturated heterocycles. The maximum atomic E-state index is 9.61. The van der Waals surface area contributed by atoms with E-state index in [0.29, 0.717) is 12.3 Å². The molecule has 0 spiro atoms. The van der Waals surface area contributed by atoms with Crippen molar-refractivity contribution in [2.45, 2.75) is 13.3 Å². The molecule has 0 aliphatic rings. The first-order valence-electron chi connectivity index (χ1n) is 4.41. The van der Waals surface area contributed by atoms with Gasteiger partial charge in [-0.25, -0.2) is 0 Å². The van der Waals surface area contributed by atoms with Crippen LogP contribution in [-0.2, 0) is 0 Å². The van der Waals surface area contributed by atoms with Gasteiger partial charge in [0.15, 0.2) is 0 Å². The molecule has 0 fully saturated rings. The normalized spacial score (nSPS) is 10.9. The third-order valence-corrected chi connectivity index (χ3v) is 1.90.